The minimum Gasteiger partial charge on any atom is -0.355 e. The zero-order valence-electron chi connectivity index (χ0n) is 10.4. The third-order valence-electron chi connectivity index (χ3n) is 2.93. The second-order valence-corrected chi connectivity index (χ2v) is 4.48. The van der Waals surface area contributed by atoms with Gasteiger partial charge in [-0.05, 0) is 24.6 Å². The SMILES string of the molecule is O=C1CCC(NCC(=O)Nc2cccc(F)c2)CN1. The molecule has 2 rings (SSSR count). The van der Waals surface area contributed by atoms with Gasteiger partial charge in [0.15, 0.2) is 0 Å². The zero-order valence-corrected chi connectivity index (χ0v) is 10.4. The van der Waals surface area contributed by atoms with E-state index in [2.05, 4.69) is 16.0 Å². The number of nitrogens with one attached hydrogen (secondary N) is 3. The molecule has 19 heavy (non-hydrogen) atoms. The maximum atomic E-state index is 12.9. The monoisotopic (exact) mass is 265 g/mol. The standard InChI is InChI=1S/C13H16FN3O2/c14-9-2-1-3-10(6-9)17-13(19)8-15-11-4-5-12(18)16-7-11/h1-3,6,11,15H,4-5,7-8H2,(H,16,18)(H,17,19). The maximum absolute atomic E-state index is 12.9. The van der Waals surface area contributed by atoms with E-state index in [4.69, 9.17) is 0 Å². The molecule has 0 aliphatic carbocycles. The van der Waals surface area contributed by atoms with Crippen molar-refractivity contribution >= 4 is 17.5 Å². The van der Waals surface area contributed by atoms with Crippen LogP contribution < -0.4 is 16.0 Å². The van der Waals surface area contributed by atoms with Crippen molar-refractivity contribution in [1.29, 1.82) is 0 Å². The van der Waals surface area contributed by atoms with Crippen molar-refractivity contribution < 1.29 is 14.0 Å². The second kappa shape index (κ2) is 6.29. The summed E-state index contributed by atoms with van der Waals surface area (Å²) in [7, 11) is 0. The summed E-state index contributed by atoms with van der Waals surface area (Å²) in [6.07, 6.45) is 1.20. The molecule has 1 unspecified atom stereocenters. The molecule has 5 nitrogen and oxygen atoms in total. The third-order valence-corrected chi connectivity index (χ3v) is 2.93. The van der Waals surface area contributed by atoms with Gasteiger partial charge >= 0.3 is 0 Å². The molecule has 1 aromatic rings. The molecule has 0 radical (unpaired) electrons. The van der Waals surface area contributed by atoms with Crippen molar-refractivity contribution in [3.8, 4) is 0 Å². The van der Waals surface area contributed by atoms with Crippen molar-refractivity contribution in [1.82, 2.24) is 10.6 Å². The van der Waals surface area contributed by atoms with Gasteiger partial charge in [0.1, 0.15) is 5.82 Å². The molecule has 1 saturated heterocycles. The Labute approximate surface area is 110 Å². The number of hydrogen-bond acceptors (Lipinski definition) is 3. The van der Waals surface area contributed by atoms with Crippen LogP contribution in [0.5, 0.6) is 0 Å². The number of rotatable bonds is 4. The Bertz CT molecular complexity index is 469. The Hall–Kier alpha value is -1.95. The van der Waals surface area contributed by atoms with E-state index in [9.17, 15) is 14.0 Å². The Balaban J connectivity index is 1.74. The quantitative estimate of drug-likeness (QED) is 0.748. The minimum absolute atomic E-state index is 0.0438. The summed E-state index contributed by atoms with van der Waals surface area (Å²) in [5, 5.41) is 8.39. The molecular formula is C13H16FN3O2. The number of benzene rings is 1. The van der Waals surface area contributed by atoms with Crippen LogP contribution in [-0.4, -0.2) is 30.9 Å². The largest absolute Gasteiger partial charge is 0.355 e. The highest BCUT2D eigenvalue weighted by Crippen LogP contribution is 2.08. The Morgan fingerprint density at radius 1 is 1.47 bits per heavy atom. The summed E-state index contributed by atoms with van der Waals surface area (Å²) < 4.78 is 12.9. The highest BCUT2D eigenvalue weighted by atomic mass is 19.1. The average Bonchev–Trinajstić information content (AvgIpc) is 2.38. The van der Waals surface area contributed by atoms with Crippen molar-refractivity contribution in [2.75, 3.05) is 18.4 Å². The van der Waals surface area contributed by atoms with Gasteiger partial charge in [-0.2, -0.15) is 0 Å². The predicted molar refractivity (Wildman–Crippen MR) is 69.1 cm³/mol. The molecule has 6 heteroatoms. The summed E-state index contributed by atoms with van der Waals surface area (Å²) in [5.41, 5.74) is 0.434. The Morgan fingerprint density at radius 2 is 2.32 bits per heavy atom. The van der Waals surface area contributed by atoms with Crippen LogP contribution in [-0.2, 0) is 9.59 Å². The van der Waals surface area contributed by atoms with Crippen LogP contribution in [0, 0.1) is 5.82 Å². The molecule has 0 spiro atoms. The molecule has 1 aliphatic heterocycles. The van der Waals surface area contributed by atoms with Crippen LogP contribution >= 0.6 is 0 Å². The van der Waals surface area contributed by atoms with Crippen LogP contribution in [0.3, 0.4) is 0 Å². The van der Waals surface area contributed by atoms with E-state index in [0.29, 0.717) is 18.7 Å². The van der Waals surface area contributed by atoms with Gasteiger partial charge < -0.3 is 16.0 Å². The lowest BCUT2D eigenvalue weighted by Crippen LogP contribution is -2.47. The first-order valence-electron chi connectivity index (χ1n) is 6.19. The van der Waals surface area contributed by atoms with Crippen LogP contribution in [0.15, 0.2) is 24.3 Å². The summed E-state index contributed by atoms with van der Waals surface area (Å²) in [5.74, 6) is -0.578. The van der Waals surface area contributed by atoms with Crippen LogP contribution in [0.25, 0.3) is 0 Å². The number of carbonyl (C=O) groups excluding carboxylic acids is 2. The molecule has 102 valence electrons. The van der Waals surface area contributed by atoms with Crippen molar-refractivity contribution in [2.24, 2.45) is 0 Å². The van der Waals surface area contributed by atoms with Gasteiger partial charge in [-0.3, -0.25) is 9.59 Å². The number of carbonyl (C=O) groups is 2. The van der Waals surface area contributed by atoms with Crippen molar-refractivity contribution in [2.45, 2.75) is 18.9 Å². The minimum atomic E-state index is -0.388. The van der Waals surface area contributed by atoms with Gasteiger partial charge in [0.2, 0.25) is 11.8 Å². The van der Waals surface area contributed by atoms with Gasteiger partial charge in [0.05, 0.1) is 6.54 Å². The lowest BCUT2D eigenvalue weighted by Gasteiger charge is -2.23. The molecule has 1 fully saturated rings. The average molecular weight is 265 g/mol. The predicted octanol–water partition coefficient (Wildman–Crippen LogP) is 0.632. The number of anilines is 1. The first-order valence-corrected chi connectivity index (χ1v) is 6.19. The fourth-order valence-corrected chi connectivity index (χ4v) is 1.92. The van der Waals surface area contributed by atoms with Gasteiger partial charge in [-0.15, -0.1) is 0 Å². The van der Waals surface area contributed by atoms with E-state index in [1.807, 2.05) is 0 Å². The highest BCUT2D eigenvalue weighted by molar-refractivity contribution is 5.92. The molecule has 1 heterocycles. The zero-order chi connectivity index (χ0) is 13.7. The summed E-state index contributed by atoms with van der Waals surface area (Å²) in [6, 6.07) is 5.85. The molecule has 0 bridgehead atoms. The molecule has 1 atom stereocenters. The molecule has 0 saturated carbocycles. The number of amides is 2. The van der Waals surface area contributed by atoms with Gasteiger partial charge in [-0.25, -0.2) is 4.39 Å². The first kappa shape index (κ1) is 13.5. The molecule has 0 aromatic heterocycles. The van der Waals surface area contributed by atoms with E-state index in [0.717, 1.165) is 6.42 Å². The lowest BCUT2D eigenvalue weighted by molar-refractivity contribution is -0.122. The van der Waals surface area contributed by atoms with Crippen LogP contribution in [0.2, 0.25) is 0 Å². The maximum Gasteiger partial charge on any atom is 0.238 e. The van der Waals surface area contributed by atoms with E-state index >= 15 is 0 Å². The molecule has 1 aromatic carbocycles. The van der Waals surface area contributed by atoms with Gasteiger partial charge in [0.25, 0.3) is 0 Å². The summed E-state index contributed by atoms with van der Waals surface area (Å²) >= 11 is 0. The summed E-state index contributed by atoms with van der Waals surface area (Å²) in [6.45, 7) is 0.670. The Kier molecular flexibility index (Phi) is 4.46. The molecule has 1 aliphatic rings. The van der Waals surface area contributed by atoms with E-state index in [1.54, 1.807) is 6.07 Å². The van der Waals surface area contributed by atoms with Crippen LogP contribution in [0.1, 0.15) is 12.8 Å². The van der Waals surface area contributed by atoms with Gasteiger partial charge in [-0.1, -0.05) is 6.07 Å². The number of hydrogen-bond donors (Lipinski definition) is 3. The molecule has 2 amide bonds. The second-order valence-electron chi connectivity index (χ2n) is 4.48. The molecule has 3 N–H and O–H groups in total. The number of piperidine rings is 1. The molecular weight excluding hydrogens is 249 g/mol. The first-order chi connectivity index (χ1) is 9.13. The van der Waals surface area contributed by atoms with Crippen molar-refractivity contribution in [3.63, 3.8) is 0 Å². The summed E-state index contributed by atoms with van der Waals surface area (Å²) in [4.78, 5) is 22.6. The number of halogens is 1. The van der Waals surface area contributed by atoms with Crippen LogP contribution in [0.4, 0.5) is 10.1 Å². The normalized spacial score (nSPS) is 18.8. The topological polar surface area (TPSA) is 70.2 Å². The highest BCUT2D eigenvalue weighted by Gasteiger charge is 2.17. The van der Waals surface area contributed by atoms with Gasteiger partial charge in [0, 0.05) is 24.7 Å². The fourth-order valence-electron chi connectivity index (χ4n) is 1.92. The smallest absolute Gasteiger partial charge is 0.238 e. The Morgan fingerprint density at radius 3 is 3.00 bits per heavy atom. The lowest BCUT2D eigenvalue weighted by atomic mass is 10.1. The third kappa shape index (κ3) is 4.33. The van der Waals surface area contributed by atoms with E-state index < -0.39 is 0 Å². The van der Waals surface area contributed by atoms with Crippen molar-refractivity contribution in [3.05, 3.63) is 30.1 Å². The van der Waals surface area contributed by atoms with E-state index in [1.165, 1.54) is 18.2 Å². The van der Waals surface area contributed by atoms with E-state index in [-0.39, 0.29) is 30.2 Å². The fraction of sp³-hybridized carbons (Fsp3) is 0.385.